The molecule has 0 saturated carbocycles. The molecule has 0 aliphatic heterocycles. The maximum absolute atomic E-state index is 13.0. The highest BCUT2D eigenvalue weighted by Crippen LogP contribution is 2.22. The third kappa shape index (κ3) is 3.37. The zero-order valence-corrected chi connectivity index (χ0v) is 14.4. The molecule has 1 heterocycles. The Labute approximate surface area is 144 Å². The van der Waals surface area contributed by atoms with Gasteiger partial charge in [0.15, 0.2) is 5.58 Å². The second-order valence-corrected chi connectivity index (χ2v) is 7.54. The Morgan fingerprint density at radius 2 is 1.88 bits per heavy atom. The Morgan fingerprint density at radius 3 is 2.56 bits per heavy atom. The van der Waals surface area contributed by atoms with E-state index in [1.54, 1.807) is 7.05 Å². The van der Waals surface area contributed by atoms with Gasteiger partial charge < -0.3 is 9.52 Å². The second-order valence-electron chi connectivity index (χ2n) is 5.60. The summed E-state index contributed by atoms with van der Waals surface area (Å²) in [5, 5.41) is 9.27. The Hall–Kier alpha value is -2.42. The smallest absolute Gasteiger partial charge is 0.408 e. The Kier molecular flexibility index (Phi) is 4.76. The van der Waals surface area contributed by atoms with Crippen LogP contribution < -0.4 is 5.76 Å². The molecule has 7 nitrogen and oxygen atoms in total. The van der Waals surface area contributed by atoms with Gasteiger partial charge in [-0.3, -0.25) is 4.57 Å². The van der Waals surface area contributed by atoms with Crippen molar-refractivity contribution < 1.29 is 17.9 Å². The normalized spacial score (nSPS) is 12.1. The average Bonchev–Trinajstić information content (AvgIpc) is 2.89. The van der Waals surface area contributed by atoms with E-state index in [-0.39, 0.29) is 30.2 Å². The first-order valence-corrected chi connectivity index (χ1v) is 9.12. The van der Waals surface area contributed by atoms with Crippen molar-refractivity contribution in [3.63, 3.8) is 0 Å². The van der Waals surface area contributed by atoms with Crippen LogP contribution >= 0.6 is 0 Å². The molecule has 3 aromatic rings. The van der Waals surface area contributed by atoms with E-state index < -0.39 is 15.8 Å². The molecule has 0 bridgehead atoms. The van der Waals surface area contributed by atoms with E-state index in [9.17, 15) is 18.3 Å². The van der Waals surface area contributed by atoms with Crippen LogP contribution in [0.15, 0.2) is 62.6 Å². The monoisotopic (exact) mass is 362 g/mol. The number of hydrogen-bond donors (Lipinski definition) is 1. The van der Waals surface area contributed by atoms with Gasteiger partial charge in [-0.25, -0.2) is 13.2 Å². The van der Waals surface area contributed by atoms with Crippen molar-refractivity contribution >= 4 is 21.1 Å². The summed E-state index contributed by atoms with van der Waals surface area (Å²) >= 11 is 0. The van der Waals surface area contributed by atoms with E-state index in [0.29, 0.717) is 5.52 Å². The van der Waals surface area contributed by atoms with Crippen LogP contribution in [0.2, 0.25) is 0 Å². The van der Waals surface area contributed by atoms with E-state index in [4.69, 9.17) is 4.42 Å². The number of fused-ring (bicyclic) bond motifs is 1. The van der Waals surface area contributed by atoms with Gasteiger partial charge in [0.1, 0.15) is 0 Å². The number of aliphatic hydroxyl groups excluding tert-OH is 1. The fourth-order valence-corrected chi connectivity index (χ4v) is 4.04. The quantitative estimate of drug-likeness (QED) is 0.714. The molecule has 0 atom stereocenters. The summed E-state index contributed by atoms with van der Waals surface area (Å²) in [5.41, 5.74) is 1.53. The molecule has 0 fully saturated rings. The number of hydrogen-bond acceptors (Lipinski definition) is 5. The Balaban J connectivity index is 2.01. The molecule has 1 aromatic heterocycles. The third-order valence-corrected chi connectivity index (χ3v) is 5.79. The van der Waals surface area contributed by atoms with Gasteiger partial charge in [0.05, 0.1) is 17.0 Å². The SMILES string of the molecule is Cn1c(=O)oc2cc(S(=O)(=O)N(CCO)Cc3ccccc3)ccc21. The number of aromatic nitrogens is 1. The van der Waals surface area contributed by atoms with Gasteiger partial charge in [-0.05, 0) is 17.7 Å². The number of sulfonamides is 1. The molecule has 0 radical (unpaired) electrons. The van der Waals surface area contributed by atoms with Gasteiger partial charge >= 0.3 is 5.76 Å². The van der Waals surface area contributed by atoms with Gasteiger partial charge in [-0.2, -0.15) is 4.31 Å². The number of oxazole rings is 1. The second kappa shape index (κ2) is 6.83. The topological polar surface area (TPSA) is 92.8 Å². The van der Waals surface area contributed by atoms with Crippen LogP contribution in [0.3, 0.4) is 0 Å². The minimum atomic E-state index is -3.85. The van der Waals surface area contributed by atoms with Crippen molar-refractivity contribution in [1.29, 1.82) is 0 Å². The maximum atomic E-state index is 13.0. The summed E-state index contributed by atoms with van der Waals surface area (Å²) in [7, 11) is -2.30. The lowest BCUT2D eigenvalue weighted by molar-refractivity contribution is 0.251. The van der Waals surface area contributed by atoms with Crippen LogP contribution in [-0.4, -0.2) is 35.5 Å². The summed E-state index contributed by atoms with van der Waals surface area (Å²) in [5.74, 6) is -0.555. The molecular weight excluding hydrogens is 344 g/mol. The van der Waals surface area contributed by atoms with E-state index in [1.165, 1.54) is 27.1 Å². The van der Waals surface area contributed by atoms with Crippen LogP contribution in [0.4, 0.5) is 0 Å². The summed E-state index contributed by atoms with van der Waals surface area (Å²) in [6.07, 6.45) is 0. The highest BCUT2D eigenvalue weighted by atomic mass is 32.2. The number of aliphatic hydroxyl groups is 1. The summed E-state index contributed by atoms with van der Waals surface area (Å²) in [6.45, 7) is -0.191. The first kappa shape index (κ1) is 17.4. The lowest BCUT2D eigenvalue weighted by Gasteiger charge is -2.21. The molecular formula is C17H18N2O5S. The van der Waals surface area contributed by atoms with E-state index >= 15 is 0 Å². The van der Waals surface area contributed by atoms with E-state index in [0.717, 1.165) is 5.56 Å². The van der Waals surface area contributed by atoms with Crippen molar-refractivity contribution in [2.75, 3.05) is 13.2 Å². The lowest BCUT2D eigenvalue weighted by Crippen LogP contribution is -2.33. The predicted octanol–water partition coefficient (Wildman–Crippen LogP) is 1.31. The van der Waals surface area contributed by atoms with Gasteiger partial charge in [-0.15, -0.1) is 0 Å². The van der Waals surface area contributed by atoms with Crippen LogP contribution in [0.5, 0.6) is 0 Å². The van der Waals surface area contributed by atoms with Gasteiger partial charge in [0.2, 0.25) is 10.0 Å². The number of aryl methyl sites for hydroxylation is 1. The third-order valence-electron chi connectivity index (χ3n) is 3.95. The van der Waals surface area contributed by atoms with Crippen molar-refractivity contribution in [3.05, 3.63) is 64.6 Å². The zero-order chi connectivity index (χ0) is 18.0. The number of rotatable bonds is 6. The predicted molar refractivity (Wildman–Crippen MR) is 92.6 cm³/mol. The first-order chi connectivity index (χ1) is 11.9. The van der Waals surface area contributed by atoms with Crippen molar-refractivity contribution in [2.24, 2.45) is 7.05 Å². The summed E-state index contributed by atoms with van der Waals surface area (Å²) in [6, 6.07) is 13.4. The van der Waals surface area contributed by atoms with E-state index in [1.807, 2.05) is 30.3 Å². The maximum Gasteiger partial charge on any atom is 0.419 e. The molecule has 2 aromatic carbocycles. The molecule has 3 rings (SSSR count). The molecule has 0 aliphatic carbocycles. The van der Waals surface area contributed by atoms with Gasteiger partial charge in [-0.1, -0.05) is 30.3 Å². The fraction of sp³-hybridized carbons (Fsp3) is 0.235. The largest absolute Gasteiger partial charge is 0.419 e. The zero-order valence-electron chi connectivity index (χ0n) is 13.6. The van der Waals surface area contributed by atoms with Crippen molar-refractivity contribution in [3.8, 4) is 0 Å². The summed E-state index contributed by atoms with van der Waals surface area (Å²) in [4.78, 5) is 11.6. The highest BCUT2D eigenvalue weighted by molar-refractivity contribution is 7.89. The first-order valence-electron chi connectivity index (χ1n) is 7.68. The average molecular weight is 362 g/mol. The molecule has 0 unspecified atom stereocenters. The standard InChI is InChI=1S/C17H18N2O5S/c1-18-15-8-7-14(11-16(15)24-17(18)21)25(22,23)19(9-10-20)12-13-5-3-2-4-6-13/h2-8,11,20H,9-10,12H2,1H3. The Morgan fingerprint density at radius 1 is 1.16 bits per heavy atom. The molecule has 25 heavy (non-hydrogen) atoms. The molecule has 0 aliphatic rings. The van der Waals surface area contributed by atoms with E-state index in [2.05, 4.69) is 0 Å². The minimum absolute atomic E-state index is 0.0127. The number of nitrogens with zero attached hydrogens (tertiary/aromatic N) is 2. The van der Waals surface area contributed by atoms with Gasteiger partial charge in [0, 0.05) is 26.2 Å². The fourth-order valence-electron chi connectivity index (χ4n) is 2.61. The van der Waals surface area contributed by atoms with Crippen LogP contribution in [0.1, 0.15) is 5.56 Å². The molecule has 0 saturated heterocycles. The molecule has 0 spiro atoms. The van der Waals surface area contributed by atoms with Crippen LogP contribution in [0, 0.1) is 0 Å². The molecule has 1 N–H and O–H groups in total. The van der Waals surface area contributed by atoms with Crippen molar-refractivity contribution in [2.45, 2.75) is 11.4 Å². The molecule has 132 valence electrons. The van der Waals surface area contributed by atoms with Gasteiger partial charge in [0.25, 0.3) is 0 Å². The van der Waals surface area contributed by atoms with Crippen LogP contribution in [0.25, 0.3) is 11.1 Å². The number of benzene rings is 2. The summed E-state index contributed by atoms with van der Waals surface area (Å²) < 4.78 is 33.5. The Bertz CT molecular complexity index is 1040. The van der Waals surface area contributed by atoms with Crippen LogP contribution in [-0.2, 0) is 23.6 Å². The molecule has 8 heteroatoms. The lowest BCUT2D eigenvalue weighted by atomic mass is 10.2. The molecule has 0 amide bonds. The highest BCUT2D eigenvalue weighted by Gasteiger charge is 2.25. The van der Waals surface area contributed by atoms with Crippen molar-refractivity contribution in [1.82, 2.24) is 8.87 Å². The minimum Gasteiger partial charge on any atom is -0.408 e.